The predicted molar refractivity (Wildman–Crippen MR) is 121 cm³/mol. The van der Waals surface area contributed by atoms with Crippen LogP contribution in [0.3, 0.4) is 0 Å². The molecule has 0 spiro atoms. The van der Waals surface area contributed by atoms with Gasteiger partial charge in [0, 0.05) is 54.4 Å². The molecule has 1 saturated heterocycles. The van der Waals surface area contributed by atoms with E-state index >= 15 is 0 Å². The van der Waals surface area contributed by atoms with Gasteiger partial charge in [-0.05, 0) is 49.9 Å². The van der Waals surface area contributed by atoms with E-state index in [0.29, 0.717) is 5.69 Å². The molecule has 1 fully saturated rings. The first-order valence-electron chi connectivity index (χ1n) is 10.7. The fraction of sp³-hybridized carbons (Fsp3) is 0.375. The number of ether oxygens (including phenoxy) is 1. The van der Waals surface area contributed by atoms with E-state index in [1.165, 1.54) is 12.1 Å². The van der Waals surface area contributed by atoms with Crippen LogP contribution < -0.4 is 15.0 Å². The van der Waals surface area contributed by atoms with Crippen molar-refractivity contribution in [1.82, 2.24) is 15.2 Å². The second-order valence-corrected chi connectivity index (χ2v) is 7.96. The van der Waals surface area contributed by atoms with Gasteiger partial charge in [-0.15, -0.1) is 0 Å². The van der Waals surface area contributed by atoms with Gasteiger partial charge in [0.2, 0.25) is 0 Å². The number of aromatic amines is 1. The van der Waals surface area contributed by atoms with Crippen LogP contribution in [-0.2, 0) is 0 Å². The highest BCUT2D eigenvalue weighted by atomic mass is 19.1. The van der Waals surface area contributed by atoms with Crippen LogP contribution in [0.5, 0.6) is 5.75 Å². The number of benzene rings is 2. The molecule has 1 atom stereocenters. The van der Waals surface area contributed by atoms with Gasteiger partial charge in [-0.25, -0.2) is 4.39 Å². The minimum atomic E-state index is -0.344. The highest BCUT2D eigenvalue weighted by Gasteiger charge is 2.22. The first kappa shape index (κ1) is 21.2. The Kier molecular flexibility index (Phi) is 6.13. The zero-order valence-corrected chi connectivity index (χ0v) is 18.2. The summed E-state index contributed by atoms with van der Waals surface area (Å²) in [6.45, 7) is 8.82. The molecule has 1 amide bonds. The molecule has 3 aromatic rings. The van der Waals surface area contributed by atoms with Crippen molar-refractivity contribution in [2.75, 3.05) is 44.7 Å². The molecular weight excluding hydrogens is 395 g/mol. The number of H-pyrrole nitrogens is 1. The second kappa shape index (κ2) is 8.98. The number of piperazine rings is 1. The van der Waals surface area contributed by atoms with E-state index in [-0.39, 0.29) is 17.8 Å². The van der Waals surface area contributed by atoms with Crippen molar-refractivity contribution in [3.05, 3.63) is 59.5 Å². The monoisotopic (exact) mass is 424 g/mol. The van der Waals surface area contributed by atoms with E-state index in [4.69, 9.17) is 4.74 Å². The number of anilines is 1. The highest BCUT2D eigenvalue weighted by molar-refractivity contribution is 5.98. The van der Waals surface area contributed by atoms with Gasteiger partial charge in [-0.1, -0.05) is 6.92 Å². The summed E-state index contributed by atoms with van der Waals surface area (Å²) in [6, 6.07) is 11.9. The summed E-state index contributed by atoms with van der Waals surface area (Å²) in [4.78, 5) is 20.7. The topological polar surface area (TPSA) is 60.6 Å². The molecule has 0 radical (unpaired) electrons. The Labute approximate surface area is 182 Å². The molecule has 7 heteroatoms. The Morgan fingerprint density at radius 3 is 2.65 bits per heavy atom. The number of carbonyl (C=O) groups is 1. The van der Waals surface area contributed by atoms with E-state index in [9.17, 15) is 9.18 Å². The predicted octanol–water partition coefficient (Wildman–Crippen LogP) is 3.95. The summed E-state index contributed by atoms with van der Waals surface area (Å²) in [5.41, 5.74) is 3.06. The van der Waals surface area contributed by atoms with Gasteiger partial charge in [0.15, 0.2) is 0 Å². The molecule has 0 aliphatic carbocycles. The van der Waals surface area contributed by atoms with Crippen LogP contribution in [0.1, 0.15) is 35.9 Å². The lowest BCUT2D eigenvalue weighted by molar-refractivity contribution is 0.0935. The lowest BCUT2D eigenvalue weighted by Crippen LogP contribution is -2.46. The zero-order chi connectivity index (χ0) is 22.0. The van der Waals surface area contributed by atoms with Crippen molar-refractivity contribution >= 4 is 22.5 Å². The molecule has 1 aromatic heterocycles. The lowest BCUT2D eigenvalue weighted by atomic mass is 10.0. The van der Waals surface area contributed by atoms with Crippen molar-refractivity contribution in [1.29, 1.82) is 0 Å². The standard InChI is InChI=1S/C24H29FN4O2/c1-4-28-9-11-29(12-10-28)23-8-6-18(25)14-20(23)16(2)26-24(30)22-13-17-5-7-19(31-3)15-21(17)27-22/h5-8,13-16,27H,4,9-12H2,1-3H3,(H,26,30). The van der Waals surface area contributed by atoms with Crippen molar-refractivity contribution < 1.29 is 13.9 Å². The number of hydrogen-bond donors (Lipinski definition) is 2. The number of methoxy groups -OCH3 is 1. The number of nitrogens with one attached hydrogen (secondary N) is 2. The summed E-state index contributed by atoms with van der Waals surface area (Å²) in [6.07, 6.45) is 0. The van der Waals surface area contributed by atoms with Crippen LogP contribution >= 0.6 is 0 Å². The number of hydrogen-bond acceptors (Lipinski definition) is 4. The fourth-order valence-electron chi connectivity index (χ4n) is 4.17. The average Bonchev–Trinajstić information content (AvgIpc) is 3.22. The van der Waals surface area contributed by atoms with Crippen LogP contribution in [0.15, 0.2) is 42.5 Å². The Hall–Kier alpha value is -3.06. The summed E-state index contributed by atoms with van der Waals surface area (Å²) < 4.78 is 19.4. The minimum Gasteiger partial charge on any atom is -0.497 e. The smallest absolute Gasteiger partial charge is 0.268 e. The number of amides is 1. The maximum Gasteiger partial charge on any atom is 0.268 e. The summed E-state index contributed by atoms with van der Waals surface area (Å²) in [5.74, 6) is 0.195. The molecule has 0 saturated carbocycles. The Balaban J connectivity index is 1.53. The lowest BCUT2D eigenvalue weighted by Gasteiger charge is -2.37. The van der Waals surface area contributed by atoms with Crippen molar-refractivity contribution in [2.24, 2.45) is 0 Å². The van der Waals surface area contributed by atoms with E-state index in [1.54, 1.807) is 7.11 Å². The third kappa shape index (κ3) is 4.51. The largest absolute Gasteiger partial charge is 0.497 e. The molecule has 31 heavy (non-hydrogen) atoms. The number of halogens is 1. The van der Waals surface area contributed by atoms with E-state index in [2.05, 4.69) is 27.0 Å². The third-order valence-electron chi connectivity index (χ3n) is 6.04. The van der Waals surface area contributed by atoms with Crippen LogP contribution in [0.25, 0.3) is 10.9 Å². The van der Waals surface area contributed by atoms with Crippen LogP contribution in [0.2, 0.25) is 0 Å². The quantitative estimate of drug-likeness (QED) is 0.629. The van der Waals surface area contributed by atoms with Crippen molar-refractivity contribution in [2.45, 2.75) is 19.9 Å². The van der Waals surface area contributed by atoms with Gasteiger partial charge < -0.3 is 24.8 Å². The third-order valence-corrected chi connectivity index (χ3v) is 6.04. The number of fused-ring (bicyclic) bond motifs is 1. The number of aromatic nitrogens is 1. The van der Waals surface area contributed by atoms with Gasteiger partial charge in [0.1, 0.15) is 17.3 Å². The van der Waals surface area contributed by atoms with Gasteiger partial charge >= 0.3 is 0 Å². The second-order valence-electron chi connectivity index (χ2n) is 7.96. The Morgan fingerprint density at radius 1 is 1.16 bits per heavy atom. The summed E-state index contributed by atoms with van der Waals surface area (Å²) >= 11 is 0. The first-order chi connectivity index (χ1) is 15.0. The van der Waals surface area contributed by atoms with E-state index in [1.807, 2.05) is 37.3 Å². The fourth-order valence-corrected chi connectivity index (χ4v) is 4.17. The number of rotatable bonds is 6. The molecule has 1 unspecified atom stereocenters. The van der Waals surface area contributed by atoms with Crippen LogP contribution in [0, 0.1) is 5.82 Å². The molecule has 2 heterocycles. The Bertz CT molecular complexity index is 1070. The molecule has 6 nitrogen and oxygen atoms in total. The molecule has 4 rings (SSSR count). The maximum absolute atomic E-state index is 14.1. The normalized spacial score (nSPS) is 15.8. The summed E-state index contributed by atoms with van der Waals surface area (Å²) in [7, 11) is 1.61. The van der Waals surface area contributed by atoms with Crippen molar-refractivity contribution in [3.63, 3.8) is 0 Å². The number of carbonyl (C=O) groups excluding carboxylic acids is 1. The van der Waals surface area contributed by atoms with Gasteiger partial charge in [0.25, 0.3) is 5.91 Å². The van der Waals surface area contributed by atoms with E-state index < -0.39 is 0 Å². The molecule has 164 valence electrons. The van der Waals surface area contributed by atoms with Gasteiger partial charge in [0.05, 0.1) is 13.2 Å². The minimum absolute atomic E-state index is 0.228. The Morgan fingerprint density at radius 2 is 1.94 bits per heavy atom. The molecule has 1 aliphatic rings. The zero-order valence-electron chi connectivity index (χ0n) is 18.2. The molecule has 2 N–H and O–H groups in total. The van der Waals surface area contributed by atoms with Crippen molar-refractivity contribution in [3.8, 4) is 5.75 Å². The first-order valence-corrected chi connectivity index (χ1v) is 10.7. The highest BCUT2D eigenvalue weighted by Crippen LogP contribution is 2.29. The average molecular weight is 425 g/mol. The number of nitrogens with zero attached hydrogens (tertiary/aromatic N) is 2. The van der Waals surface area contributed by atoms with Gasteiger partial charge in [-0.3, -0.25) is 4.79 Å². The maximum atomic E-state index is 14.1. The van der Waals surface area contributed by atoms with Crippen LogP contribution in [0.4, 0.5) is 10.1 Å². The SMILES string of the molecule is CCN1CCN(c2ccc(F)cc2C(C)NC(=O)c2cc3ccc(OC)cc3[nH]2)CC1. The number of likely N-dealkylation sites (N-methyl/N-ethyl adjacent to an activating group) is 1. The summed E-state index contributed by atoms with van der Waals surface area (Å²) in [5, 5.41) is 3.95. The molecule has 0 bridgehead atoms. The van der Waals surface area contributed by atoms with Gasteiger partial charge in [-0.2, -0.15) is 0 Å². The molecule has 2 aromatic carbocycles. The molecular formula is C24H29FN4O2. The van der Waals surface area contributed by atoms with Crippen LogP contribution in [-0.4, -0.2) is 55.6 Å². The molecule has 1 aliphatic heterocycles. The van der Waals surface area contributed by atoms with E-state index in [0.717, 1.165) is 60.6 Å².